The molecule has 0 aromatic rings. The van der Waals surface area contributed by atoms with Crippen LogP contribution in [0, 0.1) is 0 Å². The molecular formula is C9H12O2. The Morgan fingerprint density at radius 2 is 1.82 bits per heavy atom. The first-order chi connectivity index (χ1) is 5.36. The van der Waals surface area contributed by atoms with E-state index in [4.69, 9.17) is 4.74 Å². The summed E-state index contributed by atoms with van der Waals surface area (Å²) in [7, 11) is 0. The number of hydrogen-bond donors (Lipinski definition) is 0. The predicted molar refractivity (Wildman–Crippen MR) is 40.8 cm³/mol. The topological polar surface area (TPSA) is 26.3 Å². The molecule has 1 heterocycles. The van der Waals surface area contributed by atoms with E-state index in [0.29, 0.717) is 6.42 Å². The summed E-state index contributed by atoms with van der Waals surface area (Å²) in [6.07, 6.45) is 6.15. The van der Waals surface area contributed by atoms with Crippen molar-refractivity contribution in [3.8, 4) is 0 Å². The lowest BCUT2D eigenvalue weighted by molar-refractivity contribution is -0.141. The van der Waals surface area contributed by atoms with E-state index in [2.05, 4.69) is 0 Å². The Labute approximate surface area is 66.2 Å². The van der Waals surface area contributed by atoms with Crippen molar-refractivity contribution in [1.82, 2.24) is 0 Å². The van der Waals surface area contributed by atoms with E-state index in [9.17, 15) is 4.79 Å². The van der Waals surface area contributed by atoms with Gasteiger partial charge in [0.25, 0.3) is 0 Å². The smallest absolute Gasteiger partial charge is 0.311 e. The molecule has 1 aliphatic carbocycles. The standard InChI is InChI=1S/C9H12O2/c10-9-6-5-7-3-1-2-4-8(7)11-9/h1-6H2. The Morgan fingerprint density at radius 1 is 1.00 bits per heavy atom. The van der Waals surface area contributed by atoms with E-state index in [-0.39, 0.29) is 5.97 Å². The molecule has 2 rings (SSSR count). The summed E-state index contributed by atoms with van der Waals surface area (Å²) in [6.45, 7) is 0. The van der Waals surface area contributed by atoms with Crippen molar-refractivity contribution in [2.75, 3.05) is 0 Å². The molecule has 0 spiro atoms. The molecule has 2 nitrogen and oxygen atoms in total. The van der Waals surface area contributed by atoms with Gasteiger partial charge in [-0.3, -0.25) is 4.79 Å². The van der Waals surface area contributed by atoms with Gasteiger partial charge in [-0.2, -0.15) is 0 Å². The normalized spacial score (nSPS) is 24.5. The quantitative estimate of drug-likeness (QED) is 0.497. The van der Waals surface area contributed by atoms with Gasteiger partial charge in [0.15, 0.2) is 0 Å². The average Bonchev–Trinajstić information content (AvgIpc) is 2.04. The fourth-order valence-electron chi connectivity index (χ4n) is 1.77. The summed E-state index contributed by atoms with van der Waals surface area (Å²) < 4.78 is 5.13. The van der Waals surface area contributed by atoms with Gasteiger partial charge in [-0.15, -0.1) is 0 Å². The first kappa shape index (κ1) is 6.89. The molecule has 2 heteroatoms. The number of carbonyl (C=O) groups excluding carboxylic acids is 1. The first-order valence-corrected chi connectivity index (χ1v) is 4.28. The van der Waals surface area contributed by atoms with Crippen LogP contribution in [0.25, 0.3) is 0 Å². The zero-order chi connectivity index (χ0) is 7.68. The molecule has 0 saturated carbocycles. The molecule has 1 aliphatic heterocycles. The summed E-state index contributed by atoms with van der Waals surface area (Å²) in [6, 6.07) is 0. The second-order valence-electron chi connectivity index (χ2n) is 3.21. The van der Waals surface area contributed by atoms with E-state index in [1.165, 1.54) is 18.4 Å². The summed E-state index contributed by atoms with van der Waals surface area (Å²) >= 11 is 0. The maximum Gasteiger partial charge on any atom is 0.311 e. The summed E-state index contributed by atoms with van der Waals surface area (Å²) in [5.74, 6) is 0.957. The van der Waals surface area contributed by atoms with Crippen LogP contribution in [-0.2, 0) is 9.53 Å². The van der Waals surface area contributed by atoms with Crippen LogP contribution in [0.1, 0.15) is 38.5 Å². The molecule has 0 unspecified atom stereocenters. The van der Waals surface area contributed by atoms with Crippen LogP contribution in [0.2, 0.25) is 0 Å². The van der Waals surface area contributed by atoms with Gasteiger partial charge in [0.1, 0.15) is 5.76 Å². The van der Waals surface area contributed by atoms with Crippen molar-refractivity contribution in [3.05, 3.63) is 11.3 Å². The van der Waals surface area contributed by atoms with Gasteiger partial charge < -0.3 is 4.74 Å². The van der Waals surface area contributed by atoms with E-state index in [1.54, 1.807) is 0 Å². The zero-order valence-electron chi connectivity index (χ0n) is 6.56. The summed E-state index contributed by atoms with van der Waals surface area (Å²) in [4.78, 5) is 10.9. The molecule has 0 saturated heterocycles. The molecule has 0 bridgehead atoms. The van der Waals surface area contributed by atoms with Gasteiger partial charge in [0.05, 0.1) is 0 Å². The largest absolute Gasteiger partial charge is 0.431 e. The Balaban J connectivity index is 2.18. The molecule has 60 valence electrons. The minimum absolute atomic E-state index is 0.0364. The van der Waals surface area contributed by atoms with Crippen molar-refractivity contribution < 1.29 is 9.53 Å². The number of carbonyl (C=O) groups is 1. The highest BCUT2D eigenvalue weighted by molar-refractivity contribution is 5.72. The molecule has 0 fully saturated rings. The highest BCUT2D eigenvalue weighted by Crippen LogP contribution is 2.31. The van der Waals surface area contributed by atoms with E-state index < -0.39 is 0 Å². The molecule has 0 N–H and O–H groups in total. The third kappa shape index (κ3) is 1.30. The van der Waals surface area contributed by atoms with Crippen LogP contribution in [0.5, 0.6) is 0 Å². The second kappa shape index (κ2) is 2.68. The molecule has 0 atom stereocenters. The van der Waals surface area contributed by atoms with Crippen LogP contribution >= 0.6 is 0 Å². The first-order valence-electron chi connectivity index (χ1n) is 4.28. The van der Waals surface area contributed by atoms with Crippen molar-refractivity contribution in [2.24, 2.45) is 0 Å². The van der Waals surface area contributed by atoms with Crippen molar-refractivity contribution in [3.63, 3.8) is 0 Å². The number of rotatable bonds is 0. The SMILES string of the molecule is O=C1CCC2=C(CCCC2)O1. The number of allylic oxidation sites excluding steroid dienone is 2. The van der Waals surface area contributed by atoms with Gasteiger partial charge in [-0.25, -0.2) is 0 Å². The summed E-state index contributed by atoms with van der Waals surface area (Å²) in [5.41, 5.74) is 1.40. The Kier molecular flexibility index (Phi) is 1.68. The molecule has 11 heavy (non-hydrogen) atoms. The summed E-state index contributed by atoms with van der Waals surface area (Å²) in [5, 5.41) is 0. The fraction of sp³-hybridized carbons (Fsp3) is 0.667. The highest BCUT2D eigenvalue weighted by atomic mass is 16.5. The number of hydrogen-bond acceptors (Lipinski definition) is 2. The Bertz CT molecular complexity index is 216. The fourth-order valence-corrected chi connectivity index (χ4v) is 1.77. The second-order valence-corrected chi connectivity index (χ2v) is 3.21. The van der Waals surface area contributed by atoms with Crippen LogP contribution in [0.3, 0.4) is 0 Å². The highest BCUT2D eigenvalue weighted by Gasteiger charge is 2.21. The van der Waals surface area contributed by atoms with Gasteiger partial charge in [0.2, 0.25) is 0 Å². The van der Waals surface area contributed by atoms with Crippen LogP contribution in [-0.4, -0.2) is 5.97 Å². The van der Waals surface area contributed by atoms with Gasteiger partial charge in [-0.1, -0.05) is 0 Å². The maximum absolute atomic E-state index is 10.9. The molecule has 0 aromatic heterocycles. The third-order valence-corrected chi connectivity index (χ3v) is 2.39. The van der Waals surface area contributed by atoms with E-state index in [0.717, 1.165) is 25.0 Å². The number of esters is 1. The van der Waals surface area contributed by atoms with Crippen molar-refractivity contribution in [1.29, 1.82) is 0 Å². The van der Waals surface area contributed by atoms with E-state index >= 15 is 0 Å². The minimum atomic E-state index is -0.0364. The lowest BCUT2D eigenvalue weighted by Crippen LogP contribution is -2.15. The molecule has 0 radical (unpaired) electrons. The Hall–Kier alpha value is -0.790. The van der Waals surface area contributed by atoms with Crippen LogP contribution in [0.15, 0.2) is 11.3 Å². The van der Waals surface area contributed by atoms with Crippen molar-refractivity contribution in [2.45, 2.75) is 38.5 Å². The Morgan fingerprint density at radius 3 is 2.73 bits per heavy atom. The van der Waals surface area contributed by atoms with E-state index in [1.807, 2.05) is 0 Å². The molecule has 0 aromatic carbocycles. The lowest BCUT2D eigenvalue weighted by Gasteiger charge is -2.23. The number of ether oxygens (including phenoxy) is 1. The van der Waals surface area contributed by atoms with Gasteiger partial charge in [0, 0.05) is 12.8 Å². The molecule has 0 amide bonds. The average molecular weight is 152 g/mol. The zero-order valence-corrected chi connectivity index (χ0v) is 6.56. The van der Waals surface area contributed by atoms with Crippen LogP contribution < -0.4 is 0 Å². The minimum Gasteiger partial charge on any atom is -0.431 e. The van der Waals surface area contributed by atoms with Gasteiger partial charge in [-0.05, 0) is 31.3 Å². The van der Waals surface area contributed by atoms with Gasteiger partial charge >= 0.3 is 5.97 Å². The predicted octanol–water partition coefficient (Wildman–Crippen LogP) is 2.15. The van der Waals surface area contributed by atoms with Crippen molar-refractivity contribution >= 4 is 5.97 Å². The lowest BCUT2D eigenvalue weighted by atomic mass is 9.93. The maximum atomic E-state index is 10.9. The molecule has 2 aliphatic rings. The monoisotopic (exact) mass is 152 g/mol. The van der Waals surface area contributed by atoms with Crippen LogP contribution in [0.4, 0.5) is 0 Å². The molecular weight excluding hydrogens is 140 g/mol. The third-order valence-electron chi connectivity index (χ3n) is 2.39.